The molecule has 2 atom stereocenters. The number of unbranched alkanes of at least 4 members (excludes halogenated alkanes) is 66. The average molecular weight is 1310 g/mol. The third-order valence-electron chi connectivity index (χ3n) is 20.2. The van der Waals surface area contributed by atoms with Gasteiger partial charge in [0.1, 0.15) is 0 Å². The van der Waals surface area contributed by atoms with Gasteiger partial charge in [-0.25, -0.2) is 0 Å². The minimum absolute atomic E-state index is 0.0216. The van der Waals surface area contributed by atoms with Gasteiger partial charge in [-0.05, 0) is 64.2 Å². The minimum Gasteiger partial charge on any atom is -0.466 e. The van der Waals surface area contributed by atoms with E-state index < -0.39 is 12.1 Å². The highest BCUT2D eigenvalue weighted by molar-refractivity contribution is 5.76. The number of hydrogen-bond donors (Lipinski definition) is 3. The van der Waals surface area contributed by atoms with Crippen LogP contribution in [0, 0.1) is 0 Å². The maximum absolute atomic E-state index is 12.6. The first-order chi connectivity index (χ1) is 46.0. The van der Waals surface area contributed by atoms with Crippen molar-refractivity contribution < 1.29 is 24.5 Å². The molecular weight excluding hydrogens is 1140 g/mol. The second-order valence-corrected chi connectivity index (χ2v) is 29.5. The Morgan fingerprint density at radius 2 is 0.538 bits per heavy atom. The van der Waals surface area contributed by atoms with Gasteiger partial charge >= 0.3 is 5.97 Å². The van der Waals surface area contributed by atoms with Crippen molar-refractivity contribution in [3.05, 3.63) is 36.5 Å². The van der Waals surface area contributed by atoms with Gasteiger partial charge in [0.05, 0.1) is 25.4 Å². The zero-order chi connectivity index (χ0) is 67.0. The second-order valence-electron chi connectivity index (χ2n) is 29.5. The molecule has 0 saturated carbocycles. The van der Waals surface area contributed by atoms with Crippen molar-refractivity contribution in [2.75, 3.05) is 13.2 Å². The Morgan fingerprint density at radius 1 is 0.301 bits per heavy atom. The van der Waals surface area contributed by atoms with Crippen molar-refractivity contribution in [2.24, 2.45) is 0 Å². The number of ether oxygens (including phenoxy) is 1. The van der Waals surface area contributed by atoms with E-state index in [1.807, 2.05) is 6.08 Å². The van der Waals surface area contributed by atoms with Gasteiger partial charge in [-0.2, -0.15) is 0 Å². The lowest BCUT2D eigenvalue weighted by molar-refractivity contribution is -0.143. The number of rotatable bonds is 81. The second kappa shape index (κ2) is 82.5. The summed E-state index contributed by atoms with van der Waals surface area (Å²) in [5.74, 6) is -0.0377. The first-order valence-corrected chi connectivity index (χ1v) is 42.8. The molecule has 93 heavy (non-hydrogen) atoms. The van der Waals surface area contributed by atoms with Crippen LogP contribution in [0.1, 0.15) is 483 Å². The molecule has 0 aromatic heterocycles. The van der Waals surface area contributed by atoms with Gasteiger partial charge in [-0.1, -0.05) is 442 Å². The van der Waals surface area contributed by atoms with Crippen molar-refractivity contribution in [3.8, 4) is 0 Å². The molecule has 2 unspecified atom stereocenters. The van der Waals surface area contributed by atoms with Crippen LogP contribution in [0.4, 0.5) is 0 Å². The quantitative estimate of drug-likeness (QED) is 0.0320. The van der Waals surface area contributed by atoms with E-state index in [9.17, 15) is 19.8 Å². The minimum atomic E-state index is -0.844. The van der Waals surface area contributed by atoms with Gasteiger partial charge in [-0.3, -0.25) is 9.59 Å². The molecule has 0 aliphatic heterocycles. The van der Waals surface area contributed by atoms with Crippen LogP contribution in [0.15, 0.2) is 36.5 Å². The molecule has 0 aromatic carbocycles. The Bertz CT molecular complexity index is 1510. The van der Waals surface area contributed by atoms with Crippen LogP contribution in [0.25, 0.3) is 0 Å². The molecule has 0 saturated heterocycles. The lowest BCUT2D eigenvalue weighted by atomic mass is 10.0. The van der Waals surface area contributed by atoms with E-state index in [1.54, 1.807) is 6.08 Å². The summed E-state index contributed by atoms with van der Waals surface area (Å²) in [6, 6.07) is -0.627. The largest absolute Gasteiger partial charge is 0.466 e. The number of aliphatic hydroxyl groups excluding tert-OH is 2. The Labute approximate surface area is 583 Å². The van der Waals surface area contributed by atoms with E-state index in [-0.39, 0.29) is 18.5 Å². The molecule has 0 bridgehead atoms. The molecule has 6 heteroatoms. The molecule has 0 radical (unpaired) electrons. The highest BCUT2D eigenvalue weighted by Gasteiger charge is 2.18. The van der Waals surface area contributed by atoms with E-state index in [1.165, 1.54) is 411 Å². The van der Waals surface area contributed by atoms with Crippen molar-refractivity contribution in [2.45, 2.75) is 495 Å². The van der Waals surface area contributed by atoms with Gasteiger partial charge in [0.2, 0.25) is 5.91 Å². The van der Waals surface area contributed by atoms with Crippen LogP contribution in [0.2, 0.25) is 0 Å². The summed E-state index contributed by atoms with van der Waals surface area (Å²) < 4.78 is 5.49. The summed E-state index contributed by atoms with van der Waals surface area (Å²) in [5, 5.41) is 23.3. The van der Waals surface area contributed by atoms with E-state index in [2.05, 4.69) is 43.5 Å². The van der Waals surface area contributed by atoms with Gasteiger partial charge in [0.15, 0.2) is 0 Å². The van der Waals surface area contributed by atoms with Crippen LogP contribution in [0.3, 0.4) is 0 Å². The molecule has 0 aromatic rings. The highest BCUT2D eigenvalue weighted by Crippen LogP contribution is 2.20. The molecular formula is C87H167NO5. The number of esters is 1. The van der Waals surface area contributed by atoms with E-state index >= 15 is 0 Å². The van der Waals surface area contributed by atoms with Crippen LogP contribution >= 0.6 is 0 Å². The van der Waals surface area contributed by atoms with Crippen molar-refractivity contribution in [1.29, 1.82) is 0 Å². The Kier molecular flexibility index (Phi) is 80.8. The number of amides is 1. The fourth-order valence-corrected chi connectivity index (χ4v) is 13.7. The molecule has 0 aliphatic rings. The smallest absolute Gasteiger partial charge is 0.305 e. The van der Waals surface area contributed by atoms with E-state index in [0.29, 0.717) is 19.4 Å². The lowest BCUT2D eigenvalue weighted by Crippen LogP contribution is -2.45. The monoisotopic (exact) mass is 1310 g/mol. The molecule has 6 nitrogen and oxygen atoms in total. The van der Waals surface area contributed by atoms with Gasteiger partial charge in [0.25, 0.3) is 0 Å². The SMILES string of the molecule is CCCCCCCCCCCCCCCCCCCCCCCCC/C=C/C(O)C(CO)NC(=O)CCCCCCCCCCCCCCCCCCC/C=C\C/C=C\CCCCCCCCCCCCCCCCCOC(=O)CCCCCCCCCCCCCC. The van der Waals surface area contributed by atoms with E-state index in [4.69, 9.17) is 4.74 Å². The third kappa shape index (κ3) is 79.0. The fourth-order valence-electron chi connectivity index (χ4n) is 13.7. The first kappa shape index (κ1) is 91.1. The lowest BCUT2D eigenvalue weighted by Gasteiger charge is -2.20. The molecule has 0 fully saturated rings. The Balaban J connectivity index is 3.38. The summed E-state index contributed by atoms with van der Waals surface area (Å²) in [5.41, 5.74) is 0. The number of carbonyl (C=O) groups excluding carboxylic acids is 2. The topological polar surface area (TPSA) is 95.9 Å². The predicted molar refractivity (Wildman–Crippen MR) is 412 cm³/mol. The number of nitrogens with one attached hydrogen (secondary N) is 1. The molecule has 3 N–H and O–H groups in total. The Morgan fingerprint density at radius 3 is 0.817 bits per heavy atom. The van der Waals surface area contributed by atoms with Gasteiger partial charge in [0, 0.05) is 12.8 Å². The van der Waals surface area contributed by atoms with Gasteiger partial charge < -0.3 is 20.3 Å². The summed E-state index contributed by atoms with van der Waals surface area (Å²) in [4.78, 5) is 24.6. The summed E-state index contributed by atoms with van der Waals surface area (Å²) in [6.07, 6.45) is 109. The molecule has 550 valence electrons. The molecule has 1 amide bonds. The molecule has 0 heterocycles. The van der Waals surface area contributed by atoms with Crippen molar-refractivity contribution in [3.63, 3.8) is 0 Å². The zero-order valence-electron chi connectivity index (χ0n) is 63.3. The maximum Gasteiger partial charge on any atom is 0.305 e. The number of aliphatic hydroxyl groups is 2. The predicted octanol–water partition coefficient (Wildman–Crippen LogP) is 28.6. The summed E-state index contributed by atoms with van der Waals surface area (Å²) >= 11 is 0. The summed E-state index contributed by atoms with van der Waals surface area (Å²) in [6.45, 7) is 4.96. The van der Waals surface area contributed by atoms with Crippen LogP contribution < -0.4 is 5.32 Å². The number of allylic oxidation sites excluding steroid dienone is 5. The summed E-state index contributed by atoms with van der Waals surface area (Å²) in [7, 11) is 0. The average Bonchev–Trinajstić information content (AvgIpc) is 3.76. The Hall–Kier alpha value is -1.92. The first-order valence-electron chi connectivity index (χ1n) is 42.8. The normalized spacial score (nSPS) is 12.6. The van der Waals surface area contributed by atoms with Crippen LogP contribution in [0.5, 0.6) is 0 Å². The van der Waals surface area contributed by atoms with Gasteiger partial charge in [-0.15, -0.1) is 0 Å². The fraction of sp³-hybridized carbons (Fsp3) is 0.908. The molecule has 0 spiro atoms. The van der Waals surface area contributed by atoms with Crippen molar-refractivity contribution in [1.82, 2.24) is 5.32 Å². The number of hydrogen-bond acceptors (Lipinski definition) is 5. The van der Waals surface area contributed by atoms with E-state index in [0.717, 1.165) is 44.9 Å². The molecule has 0 aliphatic carbocycles. The highest BCUT2D eigenvalue weighted by atomic mass is 16.5. The standard InChI is InChI=1S/C87H167NO5/c1-3-5-7-9-11-13-15-17-18-19-20-21-22-38-41-44-47-50-53-56-59-63-67-71-75-79-85(90)84(83-89)88-86(91)80-76-72-68-64-60-57-54-51-48-45-42-39-36-34-32-30-28-26-24-23-25-27-29-31-33-35-37-40-43-46-49-52-55-58-62-66-70-74-78-82-93-87(92)81-77-73-69-65-61-16-14-12-10-8-6-4-2/h23-24,27,29,75,79,84-85,89-90H,3-22,25-26,28,30-74,76-78,80-83H2,1-2H3,(H,88,91)/b24-23-,29-27-,79-75+. The number of carbonyl (C=O) groups is 2. The van der Waals surface area contributed by atoms with Crippen LogP contribution in [-0.2, 0) is 14.3 Å². The van der Waals surface area contributed by atoms with Crippen molar-refractivity contribution >= 4 is 11.9 Å². The molecule has 0 rings (SSSR count). The third-order valence-corrected chi connectivity index (χ3v) is 20.2. The van der Waals surface area contributed by atoms with Crippen LogP contribution in [-0.4, -0.2) is 47.4 Å². The zero-order valence-corrected chi connectivity index (χ0v) is 63.3. The maximum atomic E-state index is 12.6.